The van der Waals surface area contributed by atoms with Crippen LogP contribution in [0.3, 0.4) is 0 Å². The first-order chi connectivity index (χ1) is 7.20. The summed E-state index contributed by atoms with van der Waals surface area (Å²) in [5.41, 5.74) is -0.316. The van der Waals surface area contributed by atoms with Crippen molar-refractivity contribution in [1.82, 2.24) is 9.55 Å². The second kappa shape index (κ2) is 4.09. The monoisotopic (exact) mass is 212 g/mol. The van der Waals surface area contributed by atoms with Gasteiger partial charge in [0.1, 0.15) is 18.7 Å². The number of aliphatic hydroxyl groups excluding tert-OH is 2. The Kier molecular flexibility index (Phi) is 2.81. The van der Waals surface area contributed by atoms with E-state index in [-0.39, 0.29) is 18.4 Å². The number of ether oxygens (including phenoxy) is 1. The molecule has 1 aliphatic rings. The van der Waals surface area contributed by atoms with Crippen molar-refractivity contribution >= 4 is 0 Å². The third-order valence-corrected chi connectivity index (χ3v) is 2.42. The lowest BCUT2D eigenvalue weighted by molar-refractivity contribution is -0.0448. The minimum absolute atomic E-state index is 0.217. The zero-order valence-corrected chi connectivity index (χ0v) is 7.98. The van der Waals surface area contributed by atoms with Gasteiger partial charge in [-0.1, -0.05) is 0 Å². The number of nitrogens with zero attached hydrogens (tertiary/aromatic N) is 2. The highest BCUT2D eigenvalue weighted by atomic mass is 16.5. The van der Waals surface area contributed by atoms with Crippen LogP contribution in [0.15, 0.2) is 23.4 Å². The van der Waals surface area contributed by atoms with E-state index in [9.17, 15) is 9.90 Å². The second-order valence-electron chi connectivity index (χ2n) is 3.46. The van der Waals surface area contributed by atoms with Gasteiger partial charge in [-0.3, -0.25) is 4.79 Å². The Balaban J connectivity index is 2.13. The summed E-state index contributed by atoms with van der Waals surface area (Å²) < 4.78 is 6.97. The Labute approximate surface area is 85.8 Å². The maximum absolute atomic E-state index is 10.8. The quantitative estimate of drug-likeness (QED) is 0.649. The molecule has 0 spiro atoms. The molecule has 6 heteroatoms. The van der Waals surface area contributed by atoms with Gasteiger partial charge in [0.2, 0.25) is 0 Å². The molecular formula is C9H12N2O4. The van der Waals surface area contributed by atoms with Crippen LogP contribution in [0.1, 0.15) is 12.6 Å². The largest absolute Gasteiger partial charge is 0.394 e. The van der Waals surface area contributed by atoms with Gasteiger partial charge in [0, 0.05) is 18.7 Å². The lowest BCUT2D eigenvalue weighted by Crippen LogP contribution is -2.24. The highest BCUT2D eigenvalue weighted by Crippen LogP contribution is 2.27. The molecule has 15 heavy (non-hydrogen) atoms. The molecule has 2 rings (SSSR count). The van der Waals surface area contributed by atoms with Gasteiger partial charge in [-0.25, -0.2) is 0 Å². The van der Waals surface area contributed by atoms with E-state index in [4.69, 9.17) is 9.84 Å². The zero-order valence-electron chi connectivity index (χ0n) is 7.98. The molecule has 1 aromatic heterocycles. The third-order valence-electron chi connectivity index (χ3n) is 2.42. The van der Waals surface area contributed by atoms with E-state index in [2.05, 4.69) is 4.98 Å². The molecule has 1 aliphatic heterocycles. The van der Waals surface area contributed by atoms with Crippen molar-refractivity contribution in [3.05, 3.63) is 28.9 Å². The highest BCUT2D eigenvalue weighted by Gasteiger charge is 2.33. The van der Waals surface area contributed by atoms with Crippen LogP contribution in [0.25, 0.3) is 0 Å². The fourth-order valence-electron chi connectivity index (χ4n) is 1.59. The summed E-state index contributed by atoms with van der Waals surface area (Å²) in [5, 5.41) is 18.4. The molecule has 1 saturated heterocycles. The predicted molar refractivity (Wildman–Crippen MR) is 50.1 cm³/mol. The van der Waals surface area contributed by atoms with E-state index >= 15 is 0 Å². The standard InChI is InChI=1S/C9H12N2O4/c12-4-7-6(13)3-9(15-7)11-2-1-8(14)10-5-11/h1-2,5-7,9,12-13H,3-4H2/t6-,7+,9+/m0/s1. The van der Waals surface area contributed by atoms with Crippen LogP contribution in [-0.4, -0.2) is 38.6 Å². The first-order valence-electron chi connectivity index (χ1n) is 4.69. The number of rotatable bonds is 2. The summed E-state index contributed by atoms with van der Waals surface area (Å²) in [4.78, 5) is 14.3. The normalized spacial score (nSPS) is 30.7. The minimum atomic E-state index is -0.681. The van der Waals surface area contributed by atoms with E-state index in [0.717, 1.165) is 0 Å². The molecule has 2 heterocycles. The molecule has 1 fully saturated rings. The van der Waals surface area contributed by atoms with E-state index in [1.54, 1.807) is 10.8 Å². The number of hydrogen-bond donors (Lipinski definition) is 2. The Morgan fingerprint density at radius 1 is 1.67 bits per heavy atom. The van der Waals surface area contributed by atoms with Gasteiger partial charge in [-0.15, -0.1) is 0 Å². The fourth-order valence-corrected chi connectivity index (χ4v) is 1.59. The molecule has 2 N–H and O–H groups in total. The maximum Gasteiger partial charge on any atom is 0.272 e. The smallest absolute Gasteiger partial charge is 0.272 e. The number of aromatic nitrogens is 2. The molecule has 0 radical (unpaired) electrons. The summed E-state index contributed by atoms with van der Waals surface area (Å²) in [7, 11) is 0. The molecule has 0 bridgehead atoms. The van der Waals surface area contributed by atoms with Gasteiger partial charge < -0.3 is 19.5 Å². The molecular weight excluding hydrogens is 200 g/mol. The van der Waals surface area contributed by atoms with Gasteiger partial charge >= 0.3 is 0 Å². The van der Waals surface area contributed by atoms with E-state index < -0.39 is 12.2 Å². The van der Waals surface area contributed by atoms with Crippen molar-refractivity contribution in [1.29, 1.82) is 0 Å². The summed E-state index contributed by atoms with van der Waals surface area (Å²) in [6, 6.07) is 1.32. The van der Waals surface area contributed by atoms with Crippen LogP contribution in [0, 0.1) is 0 Å². The highest BCUT2D eigenvalue weighted by molar-refractivity contribution is 4.87. The molecule has 0 amide bonds. The average molecular weight is 212 g/mol. The van der Waals surface area contributed by atoms with Crippen molar-refractivity contribution in [2.24, 2.45) is 0 Å². The lowest BCUT2D eigenvalue weighted by Gasteiger charge is -2.14. The Morgan fingerprint density at radius 2 is 2.47 bits per heavy atom. The summed E-state index contributed by atoms with van der Waals surface area (Å²) in [6.07, 6.45) is 1.68. The predicted octanol–water partition coefficient (Wildman–Crippen LogP) is -1.12. The Morgan fingerprint density at radius 3 is 3.00 bits per heavy atom. The molecule has 0 aliphatic carbocycles. The van der Waals surface area contributed by atoms with Crippen molar-refractivity contribution < 1.29 is 14.9 Å². The van der Waals surface area contributed by atoms with Crippen molar-refractivity contribution in [2.45, 2.75) is 24.9 Å². The van der Waals surface area contributed by atoms with Gasteiger partial charge in [-0.2, -0.15) is 4.98 Å². The van der Waals surface area contributed by atoms with Crippen LogP contribution in [-0.2, 0) is 4.74 Å². The maximum atomic E-state index is 10.8. The molecule has 1 aromatic rings. The van der Waals surface area contributed by atoms with Gasteiger partial charge in [0.25, 0.3) is 5.56 Å². The van der Waals surface area contributed by atoms with Crippen molar-refractivity contribution in [3.8, 4) is 0 Å². The zero-order chi connectivity index (χ0) is 10.8. The topological polar surface area (TPSA) is 84.6 Å². The van der Waals surface area contributed by atoms with Crippen molar-refractivity contribution in [2.75, 3.05) is 6.61 Å². The molecule has 0 saturated carbocycles. The van der Waals surface area contributed by atoms with Crippen LogP contribution in [0.2, 0.25) is 0 Å². The third kappa shape index (κ3) is 2.06. The molecule has 0 aromatic carbocycles. The molecule has 3 atom stereocenters. The second-order valence-corrected chi connectivity index (χ2v) is 3.46. The molecule has 82 valence electrons. The van der Waals surface area contributed by atoms with Gasteiger partial charge in [0.05, 0.1) is 12.7 Å². The van der Waals surface area contributed by atoms with Crippen molar-refractivity contribution in [3.63, 3.8) is 0 Å². The van der Waals surface area contributed by atoms with Crippen LogP contribution >= 0.6 is 0 Å². The van der Waals surface area contributed by atoms with Crippen LogP contribution in [0.5, 0.6) is 0 Å². The first kappa shape index (κ1) is 10.3. The molecule has 6 nitrogen and oxygen atoms in total. The number of aliphatic hydroxyl groups is 2. The lowest BCUT2D eigenvalue weighted by atomic mass is 10.2. The Bertz CT molecular complexity index is 371. The summed E-state index contributed by atoms with van der Waals surface area (Å²) in [5.74, 6) is 0. The molecule has 0 unspecified atom stereocenters. The van der Waals surface area contributed by atoms with E-state index in [0.29, 0.717) is 6.42 Å². The average Bonchev–Trinajstić information content (AvgIpc) is 2.61. The minimum Gasteiger partial charge on any atom is -0.394 e. The van der Waals surface area contributed by atoms with Gasteiger partial charge in [0.15, 0.2) is 0 Å². The van der Waals surface area contributed by atoms with Gasteiger partial charge in [-0.05, 0) is 0 Å². The van der Waals surface area contributed by atoms with E-state index in [1.165, 1.54) is 12.4 Å². The van der Waals surface area contributed by atoms with E-state index in [1.807, 2.05) is 0 Å². The number of hydrogen-bond acceptors (Lipinski definition) is 5. The van der Waals surface area contributed by atoms with Crippen LogP contribution in [0.4, 0.5) is 0 Å². The SMILES string of the molecule is O=c1ccn([C@H]2C[C@H](O)[C@@H](CO)O2)cn1. The first-order valence-corrected chi connectivity index (χ1v) is 4.69. The summed E-state index contributed by atoms with van der Waals surface area (Å²) >= 11 is 0. The van der Waals surface area contributed by atoms with Crippen LogP contribution < -0.4 is 5.56 Å². The summed E-state index contributed by atoms with van der Waals surface area (Å²) in [6.45, 7) is -0.217. The Hall–Kier alpha value is -1.24. The fraction of sp³-hybridized carbons (Fsp3) is 0.556.